The lowest BCUT2D eigenvalue weighted by Crippen LogP contribution is -2.34. The van der Waals surface area contributed by atoms with Gasteiger partial charge in [0, 0.05) is 22.8 Å². The van der Waals surface area contributed by atoms with E-state index in [0.717, 1.165) is 78.8 Å². The summed E-state index contributed by atoms with van der Waals surface area (Å²) in [5.74, 6) is 0.933. The average molecular weight is 490 g/mol. The van der Waals surface area contributed by atoms with E-state index in [-0.39, 0.29) is 22.8 Å². The lowest BCUT2D eigenvalue weighted by atomic mass is 9.91. The van der Waals surface area contributed by atoms with Crippen molar-refractivity contribution in [2.45, 2.75) is 31.6 Å². The van der Waals surface area contributed by atoms with Crippen LogP contribution in [0.3, 0.4) is 0 Å². The second-order valence-electron chi connectivity index (χ2n) is 7.92. The lowest BCUT2D eigenvalue weighted by Gasteiger charge is -2.31. The highest BCUT2D eigenvalue weighted by Gasteiger charge is 2.25. The number of benzene rings is 2. The van der Waals surface area contributed by atoms with Crippen molar-refractivity contribution in [1.29, 1.82) is 0 Å². The van der Waals surface area contributed by atoms with Crippen LogP contribution in [0.1, 0.15) is 36.6 Å². The minimum absolute atomic E-state index is 0. The Morgan fingerprint density at radius 2 is 1.84 bits per heavy atom. The Balaban J connectivity index is 0.00000231. The zero-order chi connectivity index (χ0) is 20.5. The van der Waals surface area contributed by atoms with E-state index in [1.54, 1.807) is 13.2 Å². The monoisotopic (exact) mass is 489 g/mol. The van der Waals surface area contributed by atoms with Crippen molar-refractivity contribution in [2.75, 3.05) is 26.7 Å². The molecule has 1 saturated heterocycles. The van der Waals surface area contributed by atoms with Gasteiger partial charge in [-0.2, -0.15) is 0 Å². The first-order valence-electron chi connectivity index (χ1n) is 10.4. The summed E-state index contributed by atoms with van der Waals surface area (Å²) in [5.41, 5.74) is 3.28. The van der Waals surface area contributed by atoms with Crippen LogP contribution in [-0.2, 0) is 6.42 Å². The van der Waals surface area contributed by atoms with Gasteiger partial charge in [-0.1, -0.05) is 10.3 Å². The molecule has 0 unspecified atom stereocenters. The van der Waals surface area contributed by atoms with Crippen LogP contribution in [0, 0.1) is 5.82 Å². The van der Waals surface area contributed by atoms with Crippen LogP contribution >= 0.6 is 17.0 Å². The molecule has 8 heteroatoms. The summed E-state index contributed by atoms with van der Waals surface area (Å²) in [6, 6.07) is 10.4. The summed E-state index contributed by atoms with van der Waals surface area (Å²) in [6.07, 6.45) is 3.94. The van der Waals surface area contributed by atoms with Crippen LogP contribution in [-0.4, -0.2) is 42.0 Å². The molecule has 6 nitrogen and oxygen atoms in total. The van der Waals surface area contributed by atoms with E-state index in [9.17, 15) is 4.39 Å². The number of methoxy groups -OCH3 is 1. The molecule has 1 aliphatic heterocycles. The van der Waals surface area contributed by atoms with Gasteiger partial charge < -0.3 is 18.7 Å². The molecule has 0 radical (unpaired) electrons. The first kappa shape index (κ1) is 21.8. The molecule has 31 heavy (non-hydrogen) atoms. The SMILES string of the molecule is Br.COc1ccc2onc(C3CCN(CCCc4noc5cc(F)ccc45)CC3)c2c1. The Morgan fingerprint density at radius 1 is 1.03 bits per heavy atom. The second kappa shape index (κ2) is 9.36. The van der Waals surface area contributed by atoms with Crippen molar-refractivity contribution in [1.82, 2.24) is 15.2 Å². The molecule has 0 aliphatic carbocycles. The van der Waals surface area contributed by atoms with Gasteiger partial charge in [-0.25, -0.2) is 4.39 Å². The van der Waals surface area contributed by atoms with Gasteiger partial charge in [0.25, 0.3) is 0 Å². The standard InChI is InChI=1S/C23H24FN3O3.BrH/c1-28-17-5-7-21-19(14-17)23(26-29-21)15-8-11-27(12-9-15)10-2-3-20-18-6-4-16(24)13-22(18)30-25-20;/h4-7,13-15H,2-3,8-12H2,1H3;1H. The highest BCUT2D eigenvalue weighted by atomic mass is 79.9. The van der Waals surface area contributed by atoms with Crippen LogP contribution in [0.4, 0.5) is 4.39 Å². The number of ether oxygens (including phenoxy) is 1. The molecule has 1 fully saturated rings. The van der Waals surface area contributed by atoms with E-state index >= 15 is 0 Å². The summed E-state index contributed by atoms with van der Waals surface area (Å²) >= 11 is 0. The molecule has 1 aliphatic rings. The molecule has 4 aromatic rings. The number of aromatic nitrogens is 2. The third-order valence-electron chi connectivity index (χ3n) is 6.08. The number of nitrogens with zero attached hydrogens (tertiary/aromatic N) is 3. The third kappa shape index (κ3) is 4.45. The van der Waals surface area contributed by atoms with Crippen molar-refractivity contribution in [3.05, 3.63) is 53.6 Å². The van der Waals surface area contributed by atoms with Gasteiger partial charge in [0.05, 0.1) is 18.5 Å². The van der Waals surface area contributed by atoms with Crippen LogP contribution < -0.4 is 4.74 Å². The Hall–Kier alpha value is -2.45. The molecule has 0 atom stereocenters. The van der Waals surface area contributed by atoms with Crippen LogP contribution in [0.2, 0.25) is 0 Å². The van der Waals surface area contributed by atoms with Gasteiger partial charge in [-0.3, -0.25) is 0 Å². The van der Waals surface area contributed by atoms with Gasteiger partial charge in [-0.05, 0) is 75.6 Å². The Labute approximate surface area is 190 Å². The summed E-state index contributed by atoms with van der Waals surface area (Å²) in [4.78, 5) is 2.49. The maximum absolute atomic E-state index is 13.3. The van der Waals surface area contributed by atoms with Crippen LogP contribution in [0.25, 0.3) is 21.9 Å². The minimum Gasteiger partial charge on any atom is -0.497 e. The molecule has 164 valence electrons. The maximum Gasteiger partial charge on any atom is 0.170 e. The molecule has 0 saturated carbocycles. The summed E-state index contributed by atoms with van der Waals surface area (Å²) in [7, 11) is 1.67. The Bertz CT molecular complexity index is 1170. The number of aryl methyl sites for hydroxylation is 1. The van der Waals surface area contributed by atoms with E-state index in [2.05, 4.69) is 15.2 Å². The molecule has 2 aromatic heterocycles. The number of halogens is 2. The highest BCUT2D eigenvalue weighted by Crippen LogP contribution is 2.34. The van der Waals surface area contributed by atoms with E-state index in [0.29, 0.717) is 11.5 Å². The summed E-state index contributed by atoms with van der Waals surface area (Å²) in [5, 5.41) is 10.4. The minimum atomic E-state index is -0.300. The molecule has 3 heterocycles. The van der Waals surface area contributed by atoms with Crippen molar-refractivity contribution < 1.29 is 18.2 Å². The third-order valence-corrected chi connectivity index (χ3v) is 6.08. The van der Waals surface area contributed by atoms with Crippen molar-refractivity contribution in [3.63, 3.8) is 0 Å². The lowest BCUT2D eigenvalue weighted by molar-refractivity contribution is 0.207. The number of piperidine rings is 1. The molecule has 0 amide bonds. The number of rotatable bonds is 6. The zero-order valence-electron chi connectivity index (χ0n) is 17.3. The van der Waals surface area contributed by atoms with Gasteiger partial charge in [-0.15, -0.1) is 17.0 Å². The first-order valence-corrected chi connectivity index (χ1v) is 10.4. The number of hydrogen-bond donors (Lipinski definition) is 0. The zero-order valence-corrected chi connectivity index (χ0v) is 19.1. The normalized spacial score (nSPS) is 15.4. The summed E-state index contributed by atoms with van der Waals surface area (Å²) < 4.78 is 29.4. The fourth-order valence-electron chi connectivity index (χ4n) is 4.40. The van der Waals surface area contributed by atoms with Gasteiger partial charge in [0.1, 0.15) is 11.6 Å². The average Bonchev–Trinajstić information content (AvgIpc) is 3.37. The first-order chi connectivity index (χ1) is 14.7. The summed E-state index contributed by atoms with van der Waals surface area (Å²) in [6.45, 7) is 3.08. The number of hydrogen-bond acceptors (Lipinski definition) is 6. The maximum atomic E-state index is 13.3. The van der Waals surface area contributed by atoms with Crippen molar-refractivity contribution in [2.24, 2.45) is 0 Å². The smallest absolute Gasteiger partial charge is 0.170 e. The van der Waals surface area contributed by atoms with Gasteiger partial charge in [0.15, 0.2) is 11.2 Å². The molecule has 0 bridgehead atoms. The van der Waals surface area contributed by atoms with E-state index in [1.807, 2.05) is 18.2 Å². The van der Waals surface area contributed by atoms with Gasteiger partial charge in [0.2, 0.25) is 0 Å². The van der Waals surface area contributed by atoms with Crippen molar-refractivity contribution in [3.8, 4) is 5.75 Å². The van der Waals surface area contributed by atoms with E-state index < -0.39 is 0 Å². The van der Waals surface area contributed by atoms with Crippen molar-refractivity contribution >= 4 is 38.9 Å². The second-order valence-corrected chi connectivity index (χ2v) is 7.92. The fourth-order valence-corrected chi connectivity index (χ4v) is 4.40. The molecular formula is C23H25BrFN3O3. The van der Waals surface area contributed by atoms with Gasteiger partial charge >= 0.3 is 0 Å². The predicted octanol–water partition coefficient (Wildman–Crippen LogP) is 5.51. The molecule has 0 N–H and O–H groups in total. The Kier molecular flexibility index (Phi) is 6.57. The molecule has 2 aromatic carbocycles. The molecule has 5 rings (SSSR count). The fraction of sp³-hybridized carbons (Fsp3) is 0.391. The van der Waals surface area contributed by atoms with E-state index in [1.165, 1.54) is 12.1 Å². The Morgan fingerprint density at radius 3 is 2.65 bits per heavy atom. The number of likely N-dealkylation sites (tertiary alicyclic amines) is 1. The largest absolute Gasteiger partial charge is 0.497 e. The molecule has 0 spiro atoms. The topological polar surface area (TPSA) is 64.5 Å². The highest BCUT2D eigenvalue weighted by molar-refractivity contribution is 8.93. The predicted molar refractivity (Wildman–Crippen MR) is 122 cm³/mol. The quantitative estimate of drug-likeness (QED) is 0.355. The van der Waals surface area contributed by atoms with Crippen LogP contribution in [0.15, 0.2) is 45.4 Å². The van der Waals surface area contributed by atoms with Crippen LogP contribution in [0.5, 0.6) is 5.75 Å². The number of fused-ring (bicyclic) bond motifs is 2. The molecular weight excluding hydrogens is 465 g/mol. The van der Waals surface area contributed by atoms with E-state index in [4.69, 9.17) is 13.8 Å².